The molecular formula is C15H18ClN3O. The topological polar surface area (TPSA) is 60.1 Å². The molecule has 1 aromatic heterocycles. The molecule has 106 valence electrons. The van der Waals surface area contributed by atoms with Gasteiger partial charge in [0, 0.05) is 24.0 Å². The maximum Gasteiger partial charge on any atom is 0.248 e. The monoisotopic (exact) mass is 291 g/mol. The van der Waals surface area contributed by atoms with Crippen molar-refractivity contribution < 1.29 is 4.79 Å². The molecule has 2 rings (SSSR count). The molecule has 0 aliphatic rings. The van der Waals surface area contributed by atoms with Crippen LogP contribution in [0.5, 0.6) is 0 Å². The van der Waals surface area contributed by atoms with Crippen LogP contribution in [0.25, 0.3) is 0 Å². The van der Waals surface area contributed by atoms with E-state index in [2.05, 4.69) is 29.1 Å². The smallest absolute Gasteiger partial charge is 0.248 e. The Bertz CT molecular complexity index is 607. The van der Waals surface area contributed by atoms with Crippen LogP contribution in [0.2, 0.25) is 5.02 Å². The maximum absolute atomic E-state index is 11.2. The van der Waals surface area contributed by atoms with Gasteiger partial charge in [0.05, 0.1) is 17.3 Å². The predicted octanol–water partition coefficient (Wildman–Crippen LogP) is 3.26. The molecular weight excluding hydrogens is 274 g/mol. The summed E-state index contributed by atoms with van der Waals surface area (Å²) in [5.41, 5.74) is 7.61. The largest absolute Gasteiger partial charge is 0.378 e. The third-order valence-electron chi connectivity index (χ3n) is 3.10. The molecule has 0 atom stereocenters. The second-order valence-electron chi connectivity index (χ2n) is 4.61. The first-order valence-corrected chi connectivity index (χ1v) is 6.97. The number of aryl methyl sites for hydroxylation is 1. The number of benzene rings is 1. The Morgan fingerprint density at radius 1 is 1.40 bits per heavy atom. The number of nitrogens with one attached hydrogen (secondary N) is 1. The van der Waals surface area contributed by atoms with Gasteiger partial charge in [-0.05, 0) is 36.8 Å². The Morgan fingerprint density at radius 2 is 2.20 bits per heavy atom. The van der Waals surface area contributed by atoms with E-state index in [0.29, 0.717) is 22.8 Å². The van der Waals surface area contributed by atoms with E-state index < -0.39 is 5.91 Å². The molecule has 20 heavy (non-hydrogen) atoms. The molecule has 0 aliphatic carbocycles. The number of halogens is 1. The Hall–Kier alpha value is -1.94. The van der Waals surface area contributed by atoms with Crippen molar-refractivity contribution in [3.8, 4) is 0 Å². The Balaban J connectivity index is 2.12. The standard InChI is InChI=1S/C15H18ClN3O/c1-2-7-19-8-3-4-12(19)10-18-14-9-11(15(17)20)5-6-13(14)16/h3-6,8-9,18H,2,7,10H2,1H3,(H2,17,20). The lowest BCUT2D eigenvalue weighted by Crippen LogP contribution is -2.12. The number of amides is 1. The number of nitrogens with two attached hydrogens (primary N) is 1. The number of aromatic nitrogens is 1. The molecule has 5 heteroatoms. The molecule has 0 radical (unpaired) electrons. The van der Waals surface area contributed by atoms with Gasteiger partial charge in [-0.15, -0.1) is 0 Å². The average molecular weight is 292 g/mol. The third kappa shape index (κ3) is 3.33. The normalized spacial score (nSPS) is 10.5. The second-order valence-corrected chi connectivity index (χ2v) is 5.01. The van der Waals surface area contributed by atoms with Crippen molar-refractivity contribution in [1.82, 2.24) is 4.57 Å². The van der Waals surface area contributed by atoms with E-state index >= 15 is 0 Å². The minimum absolute atomic E-state index is 0.445. The quantitative estimate of drug-likeness (QED) is 0.858. The fourth-order valence-electron chi connectivity index (χ4n) is 2.07. The zero-order chi connectivity index (χ0) is 14.5. The van der Waals surface area contributed by atoms with Crippen molar-refractivity contribution >= 4 is 23.2 Å². The van der Waals surface area contributed by atoms with E-state index in [1.807, 2.05) is 6.07 Å². The number of rotatable bonds is 6. The van der Waals surface area contributed by atoms with Gasteiger partial charge in [-0.2, -0.15) is 0 Å². The lowest BCUT2D eigenvalue weighted by atomic mass is 10.2. The van der Waals surface area contributed by atoms with Gasteiger partial charge < -0.3 is 15.6 Å². The van der Waals surface area contributed by atoms with E-state index in [9.17, 15) is 4.79 Å². The van der Waals surface area contributed by atoms with Crippen molar-refractivity contribution in [1.29, 1.82) is 0 Å². The first kappa shape index (κ1) is 14.5. The molecule has 1 aromatic carbocycles. The SMILES string of the molecule is CCCn1cccc1CNc1cc(C(N)=O)ccc1Cl. The molecule has 0 aliphatic heterocycles. The van der Waals surface area contributed by atoms with Gasteiger partial charge >= 0.3 is 0 Å². The number of anilines is 1. The number of hydrogen-bond donors (Lipinski definition) is 2. The van der Waals surface area contributed by atoms with Gasteiger partial charge in [0.25, 0.3) is 0 Å². The molecule has 3 N–H and O–H groups in total. The Morgan fingerprint density at radius 3 is 2.90 bits per heavy atom. The van der Waals surface area contributed by atoms with Crippen LogP contribution in [-0.2, 0) is 13.1 Å². The number of carbonyl (C=O) groups excluding carboxylic acids is 1. The van der Waals surface area contributed by atoms with Crippen LogP contribution < -0.4 is 11.1 Å². The third-order valence-corrected chi connectivity index (χ3v) is 3.43. The highest BCUT2D eigenvalue weighted by atomic mass is 35.5. The van der Waals surface area contributed by atoms with E-state index in [0.717, 1.165) is 13.0 Å². The van der Waals surface area contributed by atoms with E-state index in [1.165, 1.54) is 5.69 Å². The van der Waals surface area contributed by atoms with Gasteiger partial charge in [-0.25, -0.2) is 0 Å². The van der Waals surface area contributed by atoms with Crippen LogP contribution in [0.15, 0.2) is 36.5 Å². The first-order chi connectivity index (χ1) is 9.61. The Labute approximate surface area is 123 Å². The molecule has 1 heterocycles. The fourth-order valence-corrected chi connectivity index (χ4v) is 2.25. The van der Waals surface area contributed by atoms with Crippen LogP contribution in [-0.4, -0.2) is 10.5 Å². The van der Waals surface area contributed by atoms with Gasteiger partial charge in [0.1, 0.15) is 0 Å². The molecule has 1 amide bonds. The fraction of sp³-hybridized carbons (Fsp3) is 0.267. The number of primary amides is 1. The van der Waals surface area contributed by atoms with Crippen molar-refractivity contribution in [3.05, 3.63) is 52.8 Å². The van der Waals surface area contributed by atoms with Gasteiger partial charge in [-0.3, -0.25) is 4.79 Å². The zero-order valence-corrected chi connectivity index (χ0v) is 12.2. The lowest BCUT2D eigenvalue weighted by Gasteiger charge is -2.12. The summed E-state index contributed by atoms with van der Waals surface area (Å²) < 4.78 is 2.19. The van der Waals surface area contributed by atoms with Crippen LogP contribution in [0.4, 0.5) is 5.69 Å². The summed E-state index contributed by atoms with van der Waals surface area (Å²) in [6.07, 6.45) is 3.14. The molecule has 0 spiro atoms. The summed E-state index contributed by atoms with van der Waals surface area (Å²) in [5.74, 6) is -0.459. The summed E-state index contributed by atoms with van der Waals surface area (Å²) in [4.78, 5) is 11.2. The summed E-state index contributed by atoms with van der Waals surface area (Å²) >= 11 is 6.12. The van der Waals surface area contributed by atoms with Crippen LogP contribution in [0.1, 0.15) is 29.4 Å². The van der Waals surface area contributed by atoms with Crippen LogP contribution in [0.3, 0.4) is 0 Å². The zero-order valence-electron chi connectivity index (χ0n) is 11.4. The van der Waals surface area contributed by atoms with Crippen LogP contribution >= 0.6 is 11.6 Å². The van der Waals surface area contributed by atoms with E-state index in [-0.39, 0.29) is 0 Å². The lowest BCUT2D eigenvalue weighted by molar-refractivity contribution is 0.100. The highest BCUT2D eigenvalue weighted by Gasteiger charge is 2.07. The highest BCUT2D eigenvalue weighted by Crippen LogP contribution is 2.23. The number of hydrogen-bond acceptors (Lipinski definition) is 2. The second kappa shape index (κ2) is 6.48. The van der Waals surface area contributed by atoms with Gasteiger partial charge in [-0.1, -0.05) is 18.5 Å². The van der Waals surface area contributed by atoms with Crippen molar-refractivity contribution in [3.63, 3.8) is 0 Å². The van der Waals surface area contributed by atoms with Crippen molar-refractivity contribution in [2.75, 3.05) is 5.32 Å². The molecule has 0 unspecified atom stereocenters. The molecule has 0 saturated carbocycles. The predicted molar refractivity (Wildman–Crippen MR) is 82.0 cm³/mol. The minimum Gasteiger partial charge on any atom is -0.378 e. The summed E-state index contributed by atoms with van der Waals surface area (Å²) in [6, 6.07) is 9.06. The molecule has 0 fully saturated rings. The molecule has 2 aromatic rings. The average Bonchev–Trinajstić information content (AvgIpc) is 2.85. The number of nitrogens with zero attached hydrogens (tertiary/aromatic N) is 1. The van der Waals surface area contributed by atoms with Crippen molar-refractivity contribution in [2.45, 2.75) is 26.4 Å². The van der Waals surface area contributed by atoms with E-state index in [1.54, 1.807) is 18.2 Å². The van der Waals surface area contributed by atoms with Gasteiger partial charge in [0.15, 0.2) is 0 Å². The van der Waals surface area contributed by atoms with Crippen molar-refractivity contribution in [2.24, 2.45) is 5.73 Å². The van der Waals surface area contributed by atoms with E-state index in [4.69, 9.17) is 17.3 Å². The molecule has 0 bridgehead atoms. The molecule has 4 nitrogen and oxygen atoms in total. The molecule has 0 saturated heterocycles. The summed E-state index contributed by atoms with van der Waals surface area (Å²) in [5, 5.41) is 3.82. The summed E-state index contributed by atoms with van der Waals surface area (Å²) in [7, 11) is 0. The first-order valence-electron chi connectivity index (χ1n) is 6.59. The summed E-state index contributed by atoms with van der Waals surface area (Å²) in [6.45, 7) is 3.78. The van der Waals surface area contributed by atoms with Gasteiger partial charge in [0.2, 0.25) is 5.91 Å². The maximum atomic E-state index is 11.2. The van der Waals surface area contributed by atoms with Crippen LogP contribution in [0, 0.1) is 0 Å². The number of carbonyl (C=O) groups is 1. The highest BCUT2D eigenvalue weighted by molar-refractivity contribution is 6.33. The minimum atomic E-state index is -0.459. The Kier molecular flexibility index (Phi) is 4.69.